The number of amides is 1. The highest BCUT2D eigenvalue weighted by Gasteiger charge is 2.32. The quantitative estimate of drug-likeness (QED) is 0.894. The van der Waals surface area contributed by atoms with Gasteiger partial charge in [0.1, 0.15) is 5.75 Å². The summed E-state index contributed by atoms with van der Waals surface area (Å²) in [5, 5.41) is 6.47. The second-order valence-corrected chi connectivity index (χ2v) is 6.74. The molecule has 1 aliphatic heterocycles. The van der Waals surface area contributed by atoms with Crippen molar-refractivity contribution in [2.24, 2.45) is 11.3 Å². The van der Waals surface area contributed by atoms with Crippen LogP contribution in [0.15, 0.2) is 24.3 Å². The third-order valence-electron chi connectivity index (χ3n) is 4.03. The van der Waals surface area contributed by atoms with Crippen molar-refractivity contribution in [1.82, 2.24) is 10.6 Å². The zero-order chi connectivity index (χ0) is 15.5. The number of hydrogen-bond donors (Lipinski definition) is 2. The third kappa shape index (κ3) is 4.37. The van der Waals surface area contributed by atoms with Gasteiger partial charge in [-0.25, -0.2) is 0 Å². The van der Waals surface area contributed by atoms with E-state index in [0.717, 1.165) is 30.8 Å². The largest absolute Gasteiger partial charge is 0.496 e. The van der Waals surface area contributed by atoms with Crippen LogP contribution in [0.25, 0.3) is 0 Å². The fourth-order valence-corrected chi connectivity index (χ4v) is 2.80. The van der Waals surface area contributed by atoms with Crippen molar-refractivity contribution in [2.45, 2.75) is 33.2 Å². The summed E-state index contributed by atoms with van der Waals surface area (Å²) >= 11 is 0. The summed E-state index contributed by atoms with van der Waals surface area (Å²) in [5.74, 6) is 1.03. The summed E-state index contributed by atoms with van der Waals surface area (Å²) in [6.45, 7) is 8.10. The Kier molecular flexibility index (Phi) is 6.69. The molecule has 0 bridgehead atoms. The van der Waals surface area contributed by atoms with Crippen LogP contribution in [0.3, 0.4) is 0 Å². The Hall–Kier alpha value is -1.26. The highest BCUT2D eigenvalue weighted by atomic mass is 35.5. The molecule has 5 heteroatoms. The van der Waals surface area contributed by atoms with Crippen LogP contribution in [0.5, 0.6) is 5.75 Å². The lowest BCUT2D eigenvalue weighted by Crippen LogP contribution is -2.40. The fraction of sp³-hybridized carbons (Fsp3) is 0.588. The van der Waals surface area contributed by atoms with Crippen LogP contribution in [0.2, 0.25) is 0 Å². The topological polar surface area (TPSA) is 50.4 Å². The predicted octanol–water partition coefficient (Wildman–Crippen LogP) is 2.93. The number of hydrogen-bond acceptors (Lipinski definition) is 3. The van der Waals surface area contributed by atoms with Crippen LogP contribution in [0, 0.1) is 11.3 Å². The SMILES string of the molecule is COc1ccccc1C(NC(=O)C1CCNC1)C(C)(C)C.Cl. The molecule has 2 atom stereocenters. The molecule has 2 N–H and O–H groups in total. The zero-order valence-corrected chi connectivity index (χ0v) is 14.6. The maximum atomic E-state index is 12.5. The maximum Gasteiger partial charge on any atom is 0.224 e. The standard InChI is InChI=1S/C17H26N2O2.ClH/c1-17(2,3)15(13-7-5-6-8-14(13)21-4)19-16(20)12-9-10-18-11-12;/h5-8,12,15,18H,9-11H2,1-4H3,(H,19,20);1H. The molecule has 1 aromatic carbocycles. The Morgan fingerprint density at radius 3 is 2.59 bits per heavy atom. The van der Waals surface area contributed by atoms with Gasteiger partial charge in [-0.1, -0.05) is 39.0 Å². The molecular weight excluding hydrogens is 300 g/mol. The molecule has 1 aromatic rings. The molecule has 1 heterocycles. The monoisotopic (exact) mass is 326 g/mol. The van der Waals surface area contributed by atoms with Crippen LogP contribution in [-0.2, 0) is 4.79 Å². The minimum absolute atomic E-state index is 0. The Morgan fingerprint density at radius 2 is 2.05 bits per heavy atom. The Balaban J connectivity index is 0.00000242. The highest BCUT2D eigenvalue weighted by Crippen LogP contribution is 2.37. The molecule has 22 heavy (non-hydrogen) atoms. The Morgan fingerprint density at radius 1 is 1.36 bits per heavy atom. The Labute approximate surface area is 139 Å². The van der Waals surface area contributed by atoms with Gasteiger partial charge in [-0.05, 0) is 24.4 Å². The molecule has 2 rings (SSSR count). The van der Waals surface area contributed by atoms with Crippen LogP contribution >= 0.6 is 12.4 Å². The van der Waals surface area contributed by atoms with Crippen LogP contribution < -0.4 is 15.4 Å². The summed E-state index contributed by atoms with van der Waals surface area (Å²) in [5.41, 5.74) is 0.947. The van der Waals surface area contributed by atoms with Gasteiger partial charge in [0, 0.05) is 12.1 Å². The van der Waals surface area contributed by atoms with Gasteiger partial charge >= 0.3 is 0 Å². The molecule has 0 aromatic heterocycles. The van der Waals surface area contributed by atoms with Gasteiger partial charge in [-0.15, -0.1) is 12.4 Å². The average Bonchev–Trinajstić information content (AvgIpc) is 2.97. The summed E-state index contributed by atoms with van der Waals surface area (Å²) in [6, 6.07) is 7.84. The third-order valence-corrected chi connectivity index (χ3v) is 4.03. The second-order valence-electron chi connectivity index (χ2n) is 6.74. The van der Waals surface area contributed by atoms with Crippen molar-refractivity contribution in [3.05, 3.63) is 29.8 Å². The number of para-hydroxylation sites is 1. The number of carbonyl (C=O) groups is 1. The van der Waals surface area contributed by atoms with Crippen molar-refractivity contribution in [2.75, 3.05) is 20.2 Å². The number of carbonyl (C=O) groups excluding carboxylic acids is 1. The van der Waals surface area contributed by atoms with Gasteiger partial charge in [0.2, 0.25) is 5.91 Å². The van der Waals surface area contributed by atoms with Gasteiger partial charge < -0.3 is 15.4 Å². The molecule has 4 nitrogen and oxygen atoms in total. The van der Waals surface area contributed by atoms with Gasteiger partial charge in [0.15, 0.2) is 0 Å². The van der Waals surface area contributed by atoms with Crippen LogP contribution in [0.1, 0.15) is 38.8 Å². The zero-order valence-electron chi connectivity index (χ0n) is 13.8. The first-order valence-corrected chi connectivity index (χ1v) is 7.57. The molecule has 0 radical (unpaired) electrons. The molecular formula is C17H27ClN2O2. The number of benzene rings is 1. The molecule has 124 valence electrons. The van der Waals surface area contributed by atoms with Crippen LogP contribution in [0.4, 0.5) is 0 Å². The van der Waals surface area contributed by atoms with E-state index < -0.39 is 0 Å². The van der Waals surface area contributed by atoms with Gasteiger partial charge in [-0.3, -0.25) is 4.79 Å². The smallest absolute Gasteiger partial charge is 0.224 e. The van der Waals surface area contributed by atoms with Crippen molar-refractivity contribution in [3.8, 4) is 5.75 Å². The fourth-order valence-electron chi connectivity index (χ4n) is 2.80. The first kappa shape index (κ1) is 18.8. The minimum atomic E-state index is -0.0870. The van der Waals surface area contributed by atoms with Crippen molar-refractivity contribution >= 4 is 18.3 Å². The summed E-state index contributed by atoms with van der Waals surface area (Å²) in [6.07, 6.45) is 0.911. The molecule has 1 fully saturated rings. The lowest BCUT2D eigenvalue weighted by molar-refractivity contribution is -0.126. The lowest BCUT2D eigenvalue weighted by atomic mass is 9.81. The predicted molar refractivity (Wildman–Crippen MR) is 91.6 cm³/mol. The summed E-state index contributed by atoms with van der Waals surface area (Å²) < 4.78 is 5.46. The van der Waals surface area contributed by atoms with Crippen molar-refractivity contribution < 1.29 is 9.53 Å². The molecule has 0 spiro atoms. The van der Waals surface area contributed by atoms with E-state index in [-0.39, 0.29) is 35.7 Å². The first-order chi connectivity index (χ1) is 9.93. The van der Waals surface area contributed by atoms with Crippen LogP contribution in [-0.4, -0.2) is 26.1 Å². The van der Waals surface area contributed by atoms with Gasteiger partial charge in [0.25, 0.3) is 0 Å². The molecule has 1 saturated heterocycles. The van der Waals surface area contributed by atoms with Crippen molar-refractivity contribution in [1.29, 1.82) is 0 Å². The number of methoxy groups -OCH3 is 1. The number of halogens is 1. The summed E-state index contributed by atoms with van der Waals surface area (Å²) in [7, 11) is 1.67. The van der Waals surface area contributed by atoms with E-state index in [1.807, 2.05) is 24.3 Å². The lowest BCUT2D eigenvalue weighted by Gasteiger charge is -2.33. The van der Waals surface area contributed by atoms with E-state index in [2.05, 4.69) is 31.4 Å². The van der Waals surface area contributed by atoms with Gasteiger partial charge in [-0.2, -0.15) is 0 Å². The summed E-state index contributed by atoms with van der Waals surface area (Å²) in [4.78, 5) is 12.5. The minimum Gasteiger partial charge on any atom is -0.496 e. The number of ether oxygens (including phenoxy) is 1. The van der Waals surface area contributed by atoms with E-state index in [0.29, 0.717) is 0 Å². The first-order valence-electron chi connectivity index (χ1n) is 7.57. The maximum absolute atomic E-state index is 12.5. The normalized spacial score (nSPS) is 19.2. The molecule has 0 saturated carbocycles. The van der Waals surface area contributed by atoms with Crippen molar-refractivity contribution in [3.63, 3.8) is 0 Å². The molecule has 2 unspecified atom stereocenters. The number of rotatable bonds is 4. The number of nitrogens with one attached hydrogen (secondary N) is 2. The average molecular weight is 327 g/mol. The van der Waals surface area contributed by atoms with E-state index in [1.54, 1.807) is 7.11 Å². The molecule has 1 aliphatic rings. The van der Waals surface area contributed by atoms with Gasteiger partial charge in [0.05, 0.1) is 19.1 Å². The molecule has 0 aliphatic carbocycles. The second kappa shape index (κ2) is 7.84. The Bertz CT molecular complexity index is 494. The van der Waals surface area contributed by atoms with E-state index >= 15 is 0 Å². The van der Waals surface area contributed by atoms with E-state index in [1.165, 1.54) is 0 Å². The van der Waals surface area contributed by atoms with E-state index in [4.69, 9.17) is 4.74 Å². The highest BCUT2D eigenvalue weighted by molar-refractivity contribution is 5.85. The molecule has 1 amide bonds. The van der Waals surface area contributed by atoms with E-state index in [9.17, 15) is 4.79 Å².